The summed E-state index contributed by atoms with van der Waals surface area (Å²) in [4.78, 5) is 5.06. The molecule has 0 radical (unpaired) electrons. The summed E-state index contributed by atoms with van der Waals surface area (Å²) in [6.07, 6.45) is 5.10. The summed E-state index contributed by atoms with van der Waals surface area (Å²) >= 11 is 14.0. The Morgan fingerprint density at radius 1 is 1.07 bits per heavy atom. The molecule has 2 heterocycles. The lowest BCUT2D eigenvalue weighted by molar-refractivity contribution is 0.198. The van der Waals surface area contributed by atoms with Gasteiger partial charge in [-0.05, 0) is 54.3 Å². The Balaban J connectivity index is 2.10. The third kappa shape index (κ3) is 4.88. The first-order chi connectivity index (χ1) is 12.8. The third-order valence-electron chi connectivity index (χ3n) is 4.28. The lowest BCUT2D eigenvalue weighted by Gasteiger charge is -2.15. The van der Waals surface area contributed by atoms with Gasteiger partial charge in [0.15, 0.2) is 0 Å². The first-order valence-corrected chi connectivity index (χ1v) is 10.4. The predicted molar refractivity (Wildman–Crippen MR) is 113 cm³/mol. The Labute approximate surface area is 174 Å². The fourth-order valence-electron chi connectivity index (χ4n) is 3.10. The third-order valence-corrected chi connectivity index (χ3v) is 5.83. The van der Waals surface area contributed by atoms with Crippen molar-refractivity contribution in [2.75, 3.05) is 0 Å². The van der Waals surface area contributed by atoms with E-state index in [4.69, 9.17) is 23.2 Å². The lowest BCUT2D eigenvalue weighted by atomic mass is 9.99. The maximum Gasteiger partial charge on any atom is 0.0838 e. The highest BCUT2D eigenvalue weighted by Gasteiger charge is 2.22. The second-order valence-electron chi connectivity index (χ2n) is 6.82. The van der Waals surface area contributed by atoms with Gasteiger partial charge in [0.05, 0.1) is 11.1 Å². The smallest absolute Gasteiger partial charge is 0.0838 e. The summed E-state index contributed by atoms with van der Waals surface area (Å²) in [6, 6.07) is 9.55. The second kappa shape index (κ2) is 8.70. The molecule has 0 spiro atoms. The van der Waals surface area contributed by atoms with Crippen LogP contribution in [0.1, 0.15) is 49.5 Å². The van der Waals surface area contributed by atoms with Gasteiger partial charge in [0.25, 0.3) is 0 Å². The van der Waals surface area contributed by atoms with Gasteiger partial charge in [0.1, 0.15) is 0 Å². The van der Waals surface area contributed by atoms with Gasteiger partial charge in [0, 0.05) is 45.6 Å². The van der Waals surface area contributed by atoms with Gasteiger partial charge >= 0.3 is 0 Å². The molecule has 0 aliphatic carbocycles. The molecule has 1 aromatic carbocycles. The molecular formula is C21H22Cl2N2OS. The van der Waals surface area contributed by atoms with Crippen molar-refractivity contribution in [3.8, 4) is 0 Å². The van der Waals surface area contributed by atoms with E-state index in [2.05, 4.69) is 29.6 Å². The molecular weight excluding hydrogens is 399 g/mol. The van der Waals surface area contributed by atoms with Crippen molar-refractivity contribution in [3.63, 3.8) is 0 Å². The van der Waals surface area contributed by atoms with Crippen molar-refractivity contribution in [2.45, 2.75) is 49.3 Å². The van der Waals surface area contributed by atoms with Crippen LogP contribution in [0.2, 0.25) is 10.0 Å². The number of hydrogen-bond donors (Lipinski definition) is 1. The fourth-order valence-corrected chi connectivity index (χ4v) is 5.05. The molecule has 0 saturated carbocycles. The number of rotatable bonds is 6. The molecule has 1 atom stereocenters. The van der Waals surface area contributed by atoms with Crippen LogP contribution in [0, 0.1) is 0 Å². The maximum atomic E-state index is 10.3. The highest BCUT2D eigenvalue weighted by atomic mass is 35.5. The van der Waals surface area contributed by atoms with Crippen LogP contribution in [0.3, 0.4) is 0 Å². The number of aliphatic hydroxyl groups is 1. The predicted octanol–water partition coefficient (Wildman–Crippen LogP) is 6.57. The zero-order valence-corrected chi connectivity index (χ0v) is 17.8. The molecule has 2 aromatic heterocycles. The highest BCUT2D eigenvalue weighted by molar-refractivity contribution is 7.99. The van der Waals surface area contributed by atoms with Gasteiger partial charge in [-0.2, -0.15) is 0 Å². The molecule has 6 heteroatoms. The standard InChI is InChI=1S/C21H22Cl2N2OS/c1-13(2)20-19(14(3)26)12-25(11-15-4-6-24-7-5-15)21(20)27-18-9-16(22)8-17(23)10-18/h4-10,12-14,26H,11H2,1-3H3. The molecule has 0 bridgehead atoms. The van der Waals surface area contributed by atoms with Crippen LogP contribution in [0.15, 0.2) is 58.8 Å². The average molecular weight is 421 g/mol. The number of benzene rings is 1. The Morgan fingerprint density at radius 2 is 1.70 bits per heavy atom. The number of pyridine rings is 1. The number of hydrogen-bond acceptors (Lipinski definition) is 3. The van der Waals surface area contributed by atoms with Crippen LogP contribution in [0.25, 0.3) is 0 Å². The summed E-state index contributed by atoms with van der Waals surface area (Å²) in [5.41, 5.74) is 3.26. The number of aliphatic hydroxyl groups excluding tert-OH is 1. The van der Waals surface area contributed by atoms with Crippen LogP contribution in [0.5, 0.6) is 0 Å². The van der Waals surface area contributed by atoms with Gasteiger partial charge in [-0.1, -0.05) is 48.8 Å². The SMILES string of the molecule is CC(C)c1c(C(C)O)cn(Cc2ccncc2)c1Sc1cc(Cl)cc(Cl)c1. The topological polar surface area (TPSA) is 38.0 Å². The van der Waals surface area contributed by atoms with Gasteiger partial charge < -0.3 is 9.67 Å². The first kappa shape index (κ1) is 20.3. The van der Waals surface area contributed by atoms with Crippen molar-refractivity contribution in [1.82, 2.24) is 9.55 Å². The van der Waals surface area contributed by atoms with Crippen LogP contribution in [-0.4, -0.2) is 14.7 Å². The maximum absolute atomic E-state index is 10.3. The largest absolute Gasteiger partial charge is 0.389 e. The molecule has 1 N–H and O–H groups in total. The Morgan fingerprint density at radius 3 is 2.26 bits per heavy atom. The minimum atomic E-state index is -0.539. The summed E-state index contributed by atoms with van der Waals surface area (Å²) in [5.74, 6) is 0.269. The van der Waals surface area contributed by atoms with Crippen LogP contribution >= 0.6 is 35.0 Å². The molecule has 0 amide bonds. The number of nitrogens with zero attached hydrogens (tertiary/aromatic N) is 2. The zero-order valence-electron chi connectivity index (χ0n) is 15.5. The Kier molecular flexibility index (Phi) is 6.53. The van der Waals surface area contributed by atoms with E-state index in [9.17, 15) is 5.11 Å². The van der Waals surface area contributed by atoms with E-state index in [1.54, 1.807) is 30.2 Å². The molecule has 3 nitrogen and oxygen atoms in total. The Hall–Kier alpha value is -1.46. The van der Waals surface area contributed by atoms with Gasteiger partial charge in [-0.25, -0.2) is 0 Å². The van der Waals surface area contributed by atoms with Gasteiger partial charge in [-0.3, -0.25) is 4.98 Å². The summed E-state index contributed by atoms with van der Waals surface area (Å²) in [7, 11) is 0. The van der Waals surface area contributed by atoms with Crippen molar-refractivity contribution in [1.29, 1.82) is 0 Å². The fraction of sp³-hybridized carbons (Fsp3) is 0.286. The molecule has 0 aliphatic heterocycles. The molecule has 142 valence electrons. The van der Waals surface area contributed by atoms with Crippen molar-refractivity contribution < 1.29 is 5.11 Å². The van der Waals surface area contributed by atoms with Crippen LogP contribution in [-0.2, 0) is 6.54 Å². The second-order valence-corrected chi connectivity index (χ2v) is 8.76. The Bertz CT molecular complexity index is 903. The van der Waals surface area contributed by atoms with Crippen molar-refractivity contribution in [2.24, 2.45) is 0 Å². The molecule has 0 fully saturated rings. The minimum Gasteiger partial charge on any atom is -0.389 e. The normalized spacial score (nSPS) is 12.6. The van der Waals surface area contributed by atoms with Gasteiger partial charge in [0.2, 0.25) is 0 Å². The number of halogens is 2. The van der Waals surface area contributed by atoms with E-state index >= 15 is 0 Å². The van der Waals surface area contributed by atoms with E-state index in [0.29, 0.717) is 16.6 Å². The van der Waals surface area contributed by atoms with Gasteiger partial charge in [-0.15, -0.1) is 0 Å². The van der Waals surface area contributed by atoms with E-state index in [1.165, 1.54) is 0 Å². The zero-order chi connectivity index (χ0) is 19.6. The lowest BCUT2D eigenvalue weighted by Crippen LogP contribution is -2.01. The van der Waals surface area contributed by atoms with Crippen LogP contribution < -0.4 is 0 Å². The van der Waals surface area contributed by atoms with Crippen molar-refractivity contribution >= 4 is 35.0 Å². The van der Waals surface area contributed by atoms with E-state index < -0.39 is 6.10 Å². The molecule has 0 aliphatic rings. The summed E-state index contributed by atoms with van der Waals surface area (Å²) < 4.78 is 2.19. The van der Waals surface area contributed by atoms with E-state index in [-0.39, 0.29) is 5.92 Å². The minimum absolute atomic E-state index is 0.269. The average Bonchev–Trinajstić information content (AvgIpc) is 2.93. The molecule has 3 rings (SSSR count). The molecule has 3 aromatic rings. The quantitative estimate of drug-likeness (QED) is 0.489. The molecule has 0 saturated heterocycles. The highest BCUT2D eigenvalue weighted by Crippen LogP contribution is 2.41. The number of aromatic nitrogens is 2. The van der Waals surface area contributed by atoms with Crippen LogP contribution in [0.4, 0.5) is 0 Å². The first-order valence-electron chi connectivity index (χ1n) is 8.79. The van der Waals surface area contributed by atoms with Crippen molar-refractivity contribution in [3.05, 3.63) is 75.7 Å². The molecule has 1 unspecified atom stereocenters. The summed E-state index contributed by atoms with van der Waals surface area (Å²) in [6.45, 7) is 6.80. The molecule has 27 heavy (non-hydrogen) atoms. The van der Waals surface area contributed by atoms with E-state index in [1.807, 2.05) is 31.2 Å². The monoisotopic (exact) mass is 420 g/mol. The summed E-state index contributed by atoms with van der Waals surface area (Å²) in [5, 5.41) is 12.7. The van der Waals surface area contributed by atoms with E-state index in [0.717, 1.165) is 26.6 Å².